The first-order chi connectivity index (χ1) is 13.8. The van der Waals surface area contributed by atoms with Crippen molar-refractivity contribution in [1.29, 1.82) is 0 Å². The maximum absolute atomic E-state index is 6.22. The zero-order valence-corrected chi connectivity index (χ0v) is 18.1. The lowest BCUT2D eigenvalue weighted by Crippen LogP contribution is -2.37. The fourth-order valence-corrected chi connectivity index (χ4v) is 6.35. The maximum Gasteiger partial charge on any atom is 0.119 e. The predicted octanol–water partition coefficient (Wildman–Crippen LogP) is 6.59. The molecule has 2 heteroatoms. The Morgan fingerprint density at radius 3 is 2.46 bits per heavy atom. The van der Waals surface area contributed by atoms with E-state index in [0.29, 0.717) is 6.10 Å². The van der Waals surface area contributed by atoms with E-state index < -0.39 is 0 Å². The van der Waals surface area contributed by atoms with Crippen LogP contribution in [0.5, 0.6) is 5.75 Å². The van der Waals surface area contributed by atoms with Crippen molar-refractivity contribution in [2.75, 3.05) is 13.7 Å². The van der Waals surface area contributed by atoms with Gasteiger partial charge in [0.15, 0.2) is 0 Å². The Hall–Kier alpha value is -1.02. The first-order valence-corrected chi connectivity index (χ1v) is 12.0. The molecule has 0 amide bonds. The minimum Gasteiger partial charge on any atom is -0.497 e. The summed E-state index contributed by atoms with van der Waals surface area (Å²) in [5.74, 6) is 4.81. The van der Waals surface area contributed by atoms with Gasteiger partial charge in [-0.2, -0.15) is 0 Å². The topological polar surface area (TPSA) is 18.5 Å². The van der Waals surface area contributed by atoms with Gasteiger partial charge >= 0.3 is 0 Å². The van der Waals surface area contributed by atoms with Gasteiger partial charge in [-0.05, 0) is 111 Å². The summed E-state index contributed by atoms with van der Waals surface area (Å²) < 4.78 is 11.6. The Labute approximate surface area is 172 Å². The molecular formula is C26H40O2. The van der Waals surface area contributed by atoms with Crippen LogP contribution in [0.15, 0.2) is 18.2 Å². The summed E-state index contributed by atoms with van der Waals surface area (Å²) in [6.07, 6.45) is 16.8. The summed E-state index contributed by atoms with van der Waals surface area (Å²) >= 11 is 0. The molecule has 0 spiro atoms. The third-order valence-corrected chi connectivity index (χ3v) is 8.05. The predicted molar refractivity (Wildman–Crippen MR) is 116 cm³/mol. The van der Waals surface area contributed by atoms with E-state index in [-0.39, 0.29) is 0 Å². The molecule has 1 aromatic rings. The van der Waals surface area contributed by atoms with Crippen molar-refractivity contribution < 1.29 is 9.47 Å². The van der Waals surface area contributed by atoms with Crippen LogP contribution in [0, 0.1) is 23.7 Å². The van der Waals surface area contributed by atoms with Gasteiger partial charge in [0, 0.05) is 6.61 Å². The van der Waals surface area contributed by atoms with E-state index >= 15 is 0 Å². The minimum atomic E-state index is 0.561. The molecule has 3 aliphatic rings. The average Bonchev–Trinajstić information content (AvgIpc) is 2.75. The lowest BCUT2D eigenvalue weighted by Gasteiger charge is -2.45. The lowest BCUT2D eigenvalue weighted by atomic mass is 9.62. The molecule has 0 aliphatic heterocycles. The summed E-state index contributed by atoms with van der Waals surface area (Å²) in [4.78, 5) is 0. The van der Waals surface area contributed by atoms with E-state index in [1.54, 1.807) is 12.7 Å². The summed E-state index contributed by atoms with van der Waals surface area (Å²) in [6.45, 7) is 3.26. The van der Waals surface area contributed by atoms with Crippen molar-refractivity contribution in [2.45, 2.75) is 90.1 Å². The largest absolute Gasteiger partial charge is 0.497 e. The van der Waals surface area contributed by atoms with Gasteiger partial charge in [-0.3, -0.25) is 0 Å². The number of benzene rings is 1. The third kappa shape index (κ3) is 4.75. The van der Waals surface area contributed by atoms with Gasteiger partial charge in [-0.25, -0.2) is 0 Å². The number of rotatable bonds is 7. The Morgan fingerprint density at radius 1 is 0.857 bits per heavy atom. The van der Waals surface area contributed by atoms with E-state index in [1.807, 2.05) is 0 Å². The second kappa shape index (κ2) is 9.65. The molecule has 4 rings (SSSR count). The molecule has 0 N–H and O–H groups in total. The monoisotopic (exact) mass is 384 g/mol. The molecular weight excluding hydrogens is 344 g/mol. The molecule has 0 bridgehead atoms. The molecule has 0 heterocycles. The van der Waals surface area contributed by atoms with E-state index in [2.05, 4.69) is 25.1 Å². The first kappa shape index (κ1) is 20.3. The number of hydrogen-bond donors (Lipinski definition) is 0. The molecule has 0 aromatic heterocycles. The van der Waals surface area contributed by atoms with Crippen LogP contribution in [-0.4, -0.2) is 19.8 Å². The SMILES string of the molecule is CCCCCOC1CCC2CC(C3CCc4cc(OC)ccc4C3)CCC2C1. The van der Waals surface area contributed by atoms with Crippen molar-refractivity contribution in [2.24, 2.45) is 23.7 Å². The van der Waals surface area contributed by atoms with Crippen LogP contribution >= 0.6 is 0 Å². The Kier molecular flexibility index (Phi) is 6.99. The van der Waals surface area contributed by atoms with Gasteiger partial charge in [0.1, 0.15) is 5.75 Å². The molecule has 0 saturated heterocycles. The molecule has 2 fully saturated rings. The van der Waals surface area contributed by atoms with Crippen LogP contribution in [0.1, 0.15) is 82.3 Å². The summed E-state index contributed by atoms with van der Waals surface area (Å²) in [5.41, 5.74) is 3.12. The van der Waals surface area contributed by atoms with Gasteiger partial charge < -0.3 is 9.47 Å². The van der Waals surface area contributed by atoms with Crippen LogP contribution < -0.4 is 4.74 Å². The summed E-state index contributed by atoms with van der Waals surface area (Å²) in [6, 6.07) is 6.75. The van der Waals surface area contributed by atoms with E-state index in [0.717, 1.165) is 36.0 Å². The van der Waals surface area contributed by atoms with Gasteiger partial charge in [0.2, 0.25) is 0 Å². The summed E-state index contributed by atoms with van der Waals surface area (Å²) in [5, 5.41) is 0. The molecule has 5 atom stereocenters. The molecule has 28 heavy (non-hydrogen) atoms. The fourth-order valence-electron chi connectivity index (χ4n) is 6.35. The first-order valence-electron chi connectivity index (χ1n) is 12.0. The molecule has 0 radical (unpaired) electrons. The van der Waals surface area contributed by atoms with Gasteiger partial charge in [-0.15, -0.1) is 0 Å². The zero-order valence-electron chi connectivity index (χ0n) is 18.1. The standard InChI is InChI=1S/C26H40O2/c1-3-4-5-14-28-26-13-11-22-16-20(7-9-24(22)18-26)19-6-8-23-17-25(27-2)12-10-21(23)15-19/h10,12,17,19-20,22,24,26H,3-9,11,13-16,18H2,1-2H3. The van der Waals surface area contributed by atoms with Gasteiger partial charge in [0.05, 0.1) is 13.2 Å². The number of aryl methyl sites for hydroxylation is 1. The Balaban J connectivity index is 1.27. The number of methoxy groups -OCH3 is 1. The highest BCUT2D eigenvalue weighted by Gasteiger charge is 2.38. The zero-order chi connectivity index (χ0) is 19.3. The summed E-state index contributed by atoms with van der Waals surface area (Å²) in [7, 11) is 1.77. The van der Waals surface area contributed by atoms with Crippen molar-refractivity contribution in [1.82, 2.24) is 0 Å². The van der Waals surface area contributed by atoms with Crippen molar-refractivity contribution in [3.05, 3.63) is 29.3 Å². The van der Waals surface area contributed by atoms with Crippen LogP contribution in [0.2, 0.25) is 0 Å². The molecule has 2 saturated carbocycles. The highest BCUT2D eigenvalue weighted by Crippen LogP contribution is 2.47. The second-order valence-corrected chi connectivity index (χ2v) is 9.74. The van der Waals surface area contributed by atoms with Crippen LogP contribution in [-0.2, 0) is 17.6 Å². The lowest BCUT2D eigenvalue weighted by molar-refractivity contribution is -0.0249. The van der Waals surface area contributed by atoms with E-state index in [1.165, 1.54) is 82.6 Å². The maximum atomic E-state index is 6.22. The normalized spacial score (nSPS) is 32.4. The minimum absolute atomic E-state index is 0.561. The van der Waals surface area contributed by atoms with Gasteiger partial charge in [-0.1, -0.05) is 25.8 Å². The number of hydrogen-bond acceptors (Lipinski definition) is 2. The molecule has 5 unspecified atom stereocenters. The van der Waals surface area contributed by atoms with Crippen molar-refractivity contribution >= 4 is 0 Å². The van der Waals surface area contributed by atoms with Crippen molar-refractivity contribution in [3.63, 3.8) is 0 Å². The van der Waals surface area contributed by atoms with Gasteiger partial charge in [0.25, 0.3) is 0 Å². The molecule has 3 aliphatic carbocycles. The average molecular weight is 385 g/mol. The highest BCUT2D eigenvalue weighted by atomic mass is 16.5. The Bertz CT molecular complexity index is 625. The Morgan fingerprint density at radius 2 is 1.64 bits per heavy atom. The molecule has 1 aromatic carbocycles. The van der Waals surface area contributed by atoms with Crippen molar-refractivity contribution in [3.8, 4) is 5.75 Å². The van der Waals surface area contributed by atoms with E-state index in [4.69, 9.17) is 9.47 Å². The smallest absolute Gasteiger partial charge is 0.119 e. The third-order valence-electron chi connectivity index (χ3n) is 8.05. The quantitative estimate of drug-likeness (QED) is 0.494. The number of fused-ring (bicyclic) bond motifs is 2. The molecule has 156 valence electrons. The molecule has 2 nitrogen and oxygen atoms in total. The highest BCUT2D eigenvalue weighted by molar-refractivity contribution is 5.37. The van der Waals surface area contributed by atoms with E-state index in [9.17, 15) is 0 Å². The second-order valence-electron chi connectivity index (χ2n) is 9.74. The fraction of sp³-hybridized carbons (Fsp3) is 0.769. The number of unbranched alkanes of at least 4 members (excludes halogenated alkanes) is 2. The number of ether oxygens (including phenoxy) is 2. The van der Waals surface area contributed by atoms with Crippen LogP contribution in [0.3, 0.4) is 0 Å². The van der Waals surface area contributed by atoms with Crippen LogP contribution in [0.4, 0.5) is 0 Å². The van der Waals surface area contributed by atoms with Crippen LogP contribution in [0.25, 0.3) is 0 Å².